The number of fused-ring (bicyclic) bond motifs is 1. The molecule has 94 heavy (non-hydrogen) atoms. The Kier molecular flexibility index (Phi) is 17.3. The second-order valence-electron chi connectivity index (χ2n) is 33.4. The first-order valence-corrected chi connectivity index (χ1v) is 37.6. The molecule has 17 aliphatic rings. The van der Waals surface area contributed by atoms with Crippen LogP contribution in [0.25, 0.3) is 0 Å². The maximum Gasteiger partial charge on any atom is 0.261 e. The smallest absolute Gasteiger partial charge is 0.261 e. The lowest BCUT2D eigenvalue weighted by atomic mass is 9.54. The second-order valence-corrected chi connectivity index (χ2v) is 33.4. The molecule has 4 aromatic rings. The first kappa shape index (κ1) is 62.2. The number of imide groups is 1. The molecule has 21 rings (SSSR count). The van der Waals surface area contributed by atoms with Gasteiger partial charge in [0, 0.05) is 43.9 Å². The van der Waals surface area contributed by atoms with E-state index >= 15 is 0 Å². The number of amides is 2. The van der Waals surface area contributed by atoms with Crippen molar-refractivity contribution in [3.8, 4) is 34.5 Å². The standard InChI is InChI=1S/C81H103NO12/c83-76-74-7-1-2-8-75(74)77(84)82(76)50-65-29-72(89-51-66-31-68(85-9-3-13-91-78-38-53-17-54(39-78)19-55(18-53)40-78)35-69(32-66)86-10-4-14-92-79-41-56-20-57(42-79)22-58(21-56)43-79)37-73(30-65)90-52-67-33-70(87-11-5-15-93-80-44-59-23-60(45-80)25-61(24-59)46-80)36-71(34-67)88-12-6-16-94-81-47-62-26-63(48-81)28-64(27-62)49-81/h1-2,7-8,29-37,53-64H,3-6,9-28,38-52H2. The Bertz CT molecular complexity index is 2890. The van der Waals surface area contributed by atoms with Crippen molar-refractivity contribution in [2.75, 3.05) is 52.9 Å². The molecule has 1 heterocycles. The summed E-state index contributed by atoms with van der Waals surface area (Å²) in [6.45, 7) is 5.38. The zero-order chi connectivity index (χ0) is 62.9. The topological polar surface area (TPSA) is 130 Å². The summed E-state index contributed by atoms with van der Waals surface area (Å²) < 4.78 is 67.0. The molecule has 504 valence electrons. The molecule has 16 saturated carbocycles. The van der Waals surface area contributed by atoms with Gasteiger partial charge < -0.3 is 47.4 Å². The van der Waals surface area contributed by atoms with Crippen LogP contribution in [0.3, 0.4) is 0 Å². The average molecular weight is 1280 g/mol. The van der Waals surface area contributed by atoms with E-state index in [0.29, 0.717) is 81.0 Å². The van der Waals surface area contributed by atoms with Crippen molar-refractivity contribution in [2.24, 2.45) is 71.0 Å². The van der Waals surface area contributed by atoms with Gasteiger partial charge in [0.15, 0.2) is 0 Å². The summed E-state index contributed by atoms with van der Waals surface area (Å²) in [5.74, 6) is 13.5. The highest BCUT2D eigenvalue weighted by atomic mass is 16.5. The summed E-state index contributed by atoms with van der Waals surface area (Å²) in [6.07, 6.45) is 34.8. The Morgan fingerprint density at radius 1 is 0.298 bits per heavy atom. The zero-order valence-electron chi connectivity index (χ0n) is 55.9. The number of carbonyl (C=O) groups is 2. The van der Waals surface area contributed by atoms with Crippen LogP contribution in [0, 0.1) is 71.0 Å². The van der Waals surface area contributed by atoms with Gasteiger partial charge in [0.25, 0.3) is 11.8 Å². The van der Waals surface area contributed by atoms with Gasteiger partial charge in [-0.2, -0.15) is 0 Å². The lowest BCUT2D eigenvalue weighted by Gasteiger charge is -2.56. The van der Waals surface area contributed by atoms with E-state index in [1.165, 1.54) is 159 Å². The van der Waals surface area contributed by atoms with Crippen molar-refractivity contribution in [1.29, 1.82) is 0 Å². The molecule has 0 unspecified atom stereocenters. The lowest BCUT2D eigenvalue weighted by Crippen LogP contribution is -2.52. The van der Waals surface area contributed by atoms with Gasteiger partial charge in [0.1, 0.15) is 47.7 Å². The summed E-state index contributed by atoms with van der Waals surface area (Å²) in [6, 6.07) is 24.9. The Hall–Kier alpha value is -5.34. The average Bonchev–Trinajstić information content (AvgIpc) is 1.35. The highest BCUT2D eigenvalue weighted by Gasteiger charge is 2.55. The van der Waals surface area contributed by atoms with E-state index in [9.17, 15) is 9.59 Å². The van der Waals surface area contributed by atoms with E-state index in [0.717, 1.165) is 131 Å². The fourth-order valence-electron chi connectivity index (χ4n) is 23.5. The van der Waals surface area contributed by atoms with Crippen LogP contribution >= 0.6 is 0 Å². The van der Waals surface area contributed by atoms with Crippen molar-refractivity contribution in [3.63, 3.8) is 0 Å². The summed E-state index contributed by atoms with van der Waals surface area (Å²) >= 11 is 0. The summed E-state index contributed by atoms with van der Waals surface area (Å²) in [7, 11) is 0. The van der Waals surface area contributed by atoms with Crippen LogP contribution in [0.1, 0.15) is 217 Å². The molecule has 16 bridgehead atoms. The van der Waals surface area contributed by atoms with E-state index in [1.807, 2.05) is 54.6 Å². The molecule has 13 heteroatoms. The van der Waals surface area contributed by atoms with Gasteiger partial charge in [-0.05, 0) is 290 Å². The monoisotopic (exact) mass is 1280 g/mol. The van der Waals surface area contributed by atoms with E-state index < -0.39 is 0 Å². The summed E-state index contributed by atoms with van der Waals surface area (Å²) in [4.78, 5) is 29.0. The summed E-state index contributed by atoms with van der Waals surface area (Å²) in [5.41, 5.74) is 3.58. The van der Waals surface area contributed by atoms with Gasteiger partial charge in [-0.1, -0.05) is 12.1 Å². The van der Waals surface area contributed by atoms with Gasteiger partial charge in [0.2, 0.25) is 0 Å². The van der Waals surface area contributed by atoms with Gasteiger partial charge in [-0.3, -0.25) is 14.5 Å². The summed E-state index contributed by atoms with van der Waals surface area (Å²) in [5, 5.41) is 0. The van der Waals surface area contributed by atoms with Crippen molar-refractivity contribution in [2.45, 2.75) is 222 Å². The van der Waals surface area contributed by atoms with Crippen molar-refractivity contribution in [1.82, 2.24) is 4.90 Å². The maximum absolute atomic E-state index is 13.9. The van der Waals surface area contributed by atoms with Crippen molar-refractivity contribution in [3.05, 3.63) is 107 Å². The molecule has 0 atom stereocenters. The minimum absolute atomic E-state index is 0.0425. The third kappa shape index (κ3) is 13.7. The Balaban J connectivity index is 0.579. The van der Waals surface area contributed by atoms with Gasteiger partial charge in [-0.15, -0.1) is 0 Å². The molecule has 1 aliphatic heterocycles. The third-order valence-electron chi connectivity index (χ3n) is 25.6. The number of hydrogen-bond donors (Lipinski definition) is 0. The highest BCUT2D eigenvalue weighted by Crippen LogP contribution is 2.61. The van der Waals surface area contributed by atoms with E-state index in [2.05, 4.69) is 0 Å². The van der Waals surface area contributed by atoms with Crippen LogP contribution < -0.4 is 28.4 Å². The normalized spacial score (nSPS) is 35.4. The molecular formula is C81H103NO12. The Morgan fingerprint density at radius 3 is 0.787 bits per heavy atom. The minimum atomic E-state index is -0.319. The molecule has 16 aliphatic carbocycles. The van der Waals surface area contributed by atoms with E-state index in [1.54, 1.807) is 24.3 Å². The molecule has 0 radical (unpaired) electrons. The van der Waals surface area contributed by atoms with Gasteiger partial charge in [-0.25, -0.2) is 0 Å². The van der Waals surface area contributed by atoms with Crippen LogP contribution in [-0.2, 0) is 38.7 Å². The quantitative estimate of drug-likeness (QED) is 0.0341. The SMILES string of the molecule is O=C1c2ccccc2C(=O)N1Cc1cc(OCc2cc(OCCCOC34CC5CC(CC(C5)C3)C4)cc(OCCCOC34CC5CC(CC(C5)C3)C4)c2)cc(OCc2cc(OCCCOC34CC5CC(CC(C5)C3)C4)cc(OCCCOC34CC5CC(CC(C5)C3)C4)c2)c1. The van der Waals surface area contributed by atoms with Gasteiger partial charge >= 0.3 is 0 Å². The molecular weight excluding hydrogens is 1180 g/mol. The first-order valence-electron chi connectivity index (χ1n) is 37.6. The molecule has 4 aromatic carbocycles. The van der Waals surface area contributed by atoms with E-state index in [-0.39, 0.29) is 54.0 Å². The first-order chi connectivity index (χ1) is 45.9. The highest BCUT2D eigenvalue weighted by molar-refractivity contribution is 6.21. The van der Waals surface area contributed by atoms with Crippen LogP contribution in [0.4, 0.5) is 0 Å². The van der Waals surface area contributed by atoms with Crippen molar-refractivity contribution < 1.29 is 57.0 Å². The van der Waals surface area contributed by atoms with Gasteiger partial charge in [0.05, 0.1) is 92.9 Å². The number of rotatable bonds is 32. The fraction of sp³-hybridized carbons (Fsp3) is 0.679. The molecule has 2 amide bonds. The lowest BCUT2D eigenvalue weighted by molar-refractivity contribution is -0.163. The zero-order valence-corrected chi connectivity index (χ0v) is 55.9. The van der Waals surface area contributed by atoms with Crippen LogP contribution in [0.5, 0.6) is 34.5 Å². The fourth-order valence-corrected chi connectivity index (χ4v) is 23.5. The molecule has 0 saturated heterocycles. The predicted molar refractivity (Wildman–Crippen MR) is 357 cm³/mol. The number of hydrogen-bond acceptors (Lipinski definition) is 12. The number of nitrogens with zero attached hydrogens (tertiary/aromatic N) is 1. The van der Waals surface area contributed by atoms with Crippen molar-refractivity contribution >= 4 is 11.8 Å². The Labute approximate surface area is 558 Å². The predicted octanol–water partition coefficient (Wildman–Crippen LogP) is 16.7. The third-order valence-corrected chi connectivity index (χ3v) is 25.6. The number of benzene rings is 4. The molecule has 13 nitrogen and oxygen atoms in total. The molecule has 16 fully saturated rings. The number of ether oxygens (including phenoxy) is 10. The maximum atomic E-state index is 13.9. The Morgan fingerprint density at radius 2 is 0.532 bits per heavy atom. The largest absolute Gasteiger partial charge is 0.493 e. The van der Waals surface area contributed by atoms with Crippen LogP contribution in [-0.4, -0.2) is 92.0 Å². The van der Waals surface area contributed by atoms with Crippen LogP contribution in [0.2, 0.25) is 0 Å². The molecule has 0 N–H and O–H groups in total. The molecule has 0 aromatic heterocycles. The van der Waals surface area contributed by atoms with Crippen LogP contribution in [0.15, 0.2) is 78.9 Å². The van der Waals surface area contributed by atoms with E-state index in [4.69, 9.17) is 47.4 Å². The number of carbonyl (C=O) groups excluding carboxylic acids is 2. The second kappa shape index (κ2) is 26.2. The minimum Gasteiger partial charge on any atom is -0.493 e. The molecule has 0 spiro atoms.